The molecule has 0 saturated heterocycles. The predicted octanol–water partition coefficient (Wildman–Crippen LogP) is 6.75. The average molecular weight is 589 g/mol. The number of hydrogen-bond donors (Lipinski definition) is 2. The van der Waals surface area contributed by atoms with Gasteiger partial charge in [-0.1, -0.05) is 52.1 Å². The maximum atomic E-state index is 14.2. The summed E-state index contributed by atoms with van der Waals surface area (Å²) in [5.41, 5.74) is 1.38. The highest BCUT2D eigenvalue weighted by atomic mass is 35.5. The van der Waals surface area contributed by atoms with E-state index < -0.39 is 41.4 Å². The minimum Gasteiger partial charge on any atom is -0.374 e. The van der Waals surface area contributed by atoms with E-state index in [4.69, 9.17) is 39.6 Å². The molecule has 0 radical (unpaired) electrons. The summed E-state index contributed by atoms with van der Waals surface area (Å²) in [5.74, 6) is -2.60. The number of oxime groups is 1. The topological polar surface area (TPSA) is 79.8 Å². The van der Waals surface area contributed by atoms with Gasteiger partial charge in [-0.2, -0.15) is 13.2 Å². The van der Waals surface area contributed by atoms with Gasteiger partial charge >= 0.3 is 6.18 Å². The summed E-state index contributed by atoms with van der Waals surface area (Å²) in [6, 6.07) is 11.4. The fourth-order valence-corrected chi connectivity index (χ4v) is 4.68. The Hall–Kier alpha value is -3.34. The van der Waals surface area contributed by atoms with Gasteiger partial charge in [-0.05, 0) is 60.5 Å². The second-order valence-corrected chi connectivity index (χ2v) is 9.60. The molecule has 2 N–H and O–H groups in total. The summed E-state index contributed by atoms with van der Waals surface area (Å²) in [6.45, 7) is 1.54. The monoisotopic (exact) mass is 587 g/mol. The van der Waals surface area contributed by atoms with E-state index in [1.807, 2.05) is 0 Å². The molecule has 0 aromatic heterocycles. The Bertz CT molecular complexity index is 1440. The van der Waals surface area contributed by atoms with E-state index in [0.29, 0.717) is 5.56 Å². The molecule has 1 aliphatic rings. The lowest BCUT2D eigenvalue weighted by Gasteiger charge is -2.29. The molecule has 1 unspecified atom stereocenters. The molecule has 13 heteroatoms. The van der Waals surface area contributed by atoms with E-state index >= 15 is 0 Å². The van der Waals surface area contributed by atoms with Gasteiger partial charge in [0.15, 0.2) is 0 Å². The molecule has 2 amide bonds. The maximum absolute atomic E-state index is 14.2. The van der Waals surface area contributed by atoms with Crippen molar-refractivity contribution in [2.75, 3.05) is 0 Å². The highest BCUT2D eigenvalue weighted by Gasteiger charge is 2.62. The number of nitrogens with one attached hydrogen (secondary N) is 2. The standard InChI is InChI=1S/C25H16Cl3F4N3O3/c1-12-7-13(5-6-17(12)22(36)33-34-23(37)21-18(28)3-2-4-19(21)29)20-11-24(38-35-20,25(30,31)32)14-8-15(26)10-16(27)9-14/h2-10H,11H2,1H3,(H,33,36)(H,34,37). The van der Waals surface area contributed by atoms with Crippen molar-refractivity contribution >= 4 is 52.3 Å². The van der Waals surface area contributed by atoms with Crippen molar-refractivity contribution in [2.24, 2.45) is 5.16 Å². The summed E-state index contributed by atoms with van der Waals surface area (Å²) in [4.78, 5) is 29.8. The molecule has 198 valence electrons. The van der Waals surface area contributed by atoms with Gasteiger partial charge in [0.25, 0.3) is 17.4 Å². The van der Waals surface area contributed by atoms with Crippen molar-refractivity contribution in [3.05, 3.63) is 103 Å². The van der Waals surface area contributed by atoms with Crippen molar-refractivity contribution in [3.63, 3.8) is 0 Å². The van der Waals surface area contributed by atoms with Crippen molar-refractivity contribution < 1.29 is 32.0 Å². The molecule has 3 aromatic rings. The van der Waals surface area contributed by atoms with Crippen molar-refractivity contribution in [1.82, 2.24) is 10.9 Å². The Balaban J connectivity index is 1.52. The zero-order valence-electron chi connectivity index (χ0n) is 19.2. The number of hydrazine groups is 1. The maximum Gasteiger partial charge on any atom is 0.435 e. The van der Waals surface area contributed by atoms with Crippen LogP contribution >= 0.6 is 34.8 Å². The molecule has 4 rings (SSSR count). The summed E-state index contributed by atoms with van der Waals surface area (Å²) < 4.78 is 56.6. The SMILES string of the molecule is Cc1cc(C2=NOC(c3cc(Cl)cc(Cl)c3)(C(F)(F)F)C2)ccc1C(=O)NNC(=O)c1c(F)cccc1Cl. The lowest BCUT2D eigenvalue weighted by Crippen LogP contribution is -2.42. The summed E-state index contributed by atoms with van der Waals surface area (Å²) in [6.07, 6.45) is -5.53. The van der Waals surface area contributed by atoms with Gasteiger partial charge < -0.3 is 4.84 Å². The van der Waals surface area contributed by atoms with Crippen molar-refractivity contribution in [3.8, 4) is 0 Å². The van der Waals surface area contributed by atoms with Crippen molar-refractivity contribution in [2.45, 2.75) is 25.1 Å². The Morgan fingerprint density at radius 1 is 0.974 bits per heavy atom. The second-order valence-electron chi connectivity index (χ2n) is 8.32. The van der Waals surface area contributed by atoms with Gasteiger partial charge in [0.1, 0.15) is 5.82 Å². The number of nitrogens with zero attached hydrogens (tertiary/aromatic N) is 1. The summed E-state index contributed by atoms with van der Waals surface area (Å²) in [7, 11) is 0. The van der Waals surface area contributed by atoms with Crippen LogP contribution in [0.15, 0.2) is 59.8 Å². The smallest absolute Gasteiger partial charge is 0.374 e. The fourth-order valence-electron chi connectivity index (χ4n) is 3.90. The zero-order valence-corrected chi connectivity index (χ0v) is 21.5. The normalized spacial score (nSPS) is 17.0. The van der Waals surface area contributed by atoms with Crippen LogP contribution in [0.3, 0.4) is 0 Å². The van der Waals surface area contributed by atoms with E-state index in [-0.39, 0.29) is 37.5 Å². The lowest BCUT2D eigenvalue weighted by atomic mass is 9.86. The molecule has 1 heterocycles. The minimum absolute atomic E-state index is 0.00347. The quantitative estimate of drug-likeness (QED) is 0.261. The van der Waals surface area contributed by atoms with Crippen LogP contribution < -0.4 is 10.9 Å². The van der Waals surface area contributed by atoms with E-state index in [1.54, 1.807) is 0 Å². The van der Waals surface area contributed by atoms with Crippen LogP contribution in [-0.4, -0.2) is 23.7 Å². The molecular weight excluding hydrogens is 573 g/mol. The Kier molecular flexibility index (Phi) is 7.60. The number of amides is 2. The molecule has 0 spiro atoms. The molecule has 38 heavy (non-hydrogen) atoms. The predicted molar refractivity (Wildman–Crippen MR) is 134 cm³/mol. The highest BCUT2D eigenvalue weighted by Crippen LogP contribution is 2.49. The van der Waals surface area contributed by atoms with E-state index in [0.717, 1.165) is 18.2 Å². The molecular formula is C25H16Cl3F4N3O3. The van der Waals surface area contributed by atoms with E-state index in [1.165, 1.54) is 43.3 Å². The van der Waals surface area contributed by atoms with Crippen molar-refractivity contribution in [1.29, 1.82) is 0 Å². The largest absolute Gasteiger partial charge is 0.435 e. The van der Waals surface area contributed by atoms with Gasteiger partial charge in [0.05, 0.1) is 16.3 Å². The van der Waals surface area contributed by atoms with E-state index in [2.05, 4.69) is 16.0 Å². The van der Waals surface area contributed by atoms with Crippen LogP contribution in [0.1, 0.15) is 43.8 Å². The van der Waals surface area contributed by atoms with Gasteiger partial charge in [0.2, 0.25) is 0 Å². The Morgan fingerprint density at radius 3 is 2.24 bits per heavy atom. The number of benzene rings is 3. The van der Waals surface area contributed by atoms with Crippen LogP contribution in [-0.2, 0) is 10.4 Å². The third-order valence-electron chi connectivity index (χ3n) is 5.80. The number of aryl methyl sites for hydroxylation is 1. The molecule has 3 aromatic carbocycles. The molecule has 0 bridgehead atoms. The minimum atomic E-state index is -4.86. The fraction of sp³-hybridized carbons (Fsp3) is 0.160. The molecule has 6 nitrogen and oxygen atoms in total. The highest BCUT2D eigenvalue weighted by molar-refractivity contribution is 6.35. The molecule has 0 saturated carbocycles. The van der Waals surface area contributed by atoms with Crippen LogP contribution in [0.4, 0.5) is 17.6 Å². The van der Waals surface area contributed by atoms with E-state index in [9.17, 15) is 27.2 Å². The van der Waals surface area contributed by atoms with Gasteiger partial charge in [0, 0.05) is 27.6 Å². The molecule has 1 aliphatic heterocycles. The third-order valence-corrected chi connectivity index (χ3v) is 6.55. The first-order valence-electron chi connectivity index (χ1n) is 10.8. The average Bonchev–Trinajstić information content (AvgIpc) is 3.29. The van der Waals surface area contributed by atoms with Gasteiger partial charge in [-0.25, -0.2) is 4.39 Å². The van der Waals surface area contributed by atoms with Crippen LogP contribution in [0.5, 0.6) is 0 Å². The Labute approximate surface area is 228 Å². The number of halogens is 7. The van der Waals surface area contributed by atoms with Crippen LogP contribution in [0, 0.1) is 12.7 Å². The third kappa shape index (κ3) is 5.29. The van der Waals surface area contributed by atoms with Crippen LogP contribution in [0.2, 0.25) is 15.1 Å². The number of hydrogen-bond acceptors (Lipinski definition) is 4. The molecule has 0 fully saturated rings. The first kappa shape index (κ1) is 27.7. The first-order chi connectivity index (χ1) is 17.8. The Morgan fingerprint density at radius 2 is 1.63 bits per heavy atom. The first-order valence-corrected chi connectivity index (χ1v) is 11.9. The molecule has 0 aliphatic carbocycles. The van der Waals surface area contributed by atoms with Crippen LogP contribution in [0.25, 0.3) is 0 Å². The zero-order chi connectivity index (χ0) is 27.8. The van der Waals surface area contributed by atoms with Gasteiger partial charge in [-0.15, -0.1) is 0 Å². The summed E-state index contributed by atoms with van der Waals surface area (Å²) >= 11 is 17.7. The number of alkyl halides is 3. The summed E-state index contributed by atoms with van der Waals surface area (Å²) in [5, 5.41) is 3.55. The lowest BCUT2D eigenvalue weighted by molar-refractivity contribution is -0.275. The number of carbonyl (C=O) groups excluding carboxylic acids is 2. The number of carbonyl (C=O) groups is 2. The number of rotatable bonds is 4. The van der Waals surface area contributed by atoms with Gasteiger partial charge in [-0.3, -0.25) is 20.4 Å². The second kappa shape index (κ2) is 10.4. The molecule has 1 atom stereocenters.